The summed E-state index contributed by atoms with van der Waals surface area (Å²) in [7, 11) is 0. The van der Waals surface area contributed by atoms with E-state index in [0.717, 1.165) is 5.56 Å². The maximum Gasteiger partial charge on any atom is 0.351 e. The van der Waals surface area contributed by atoms with Crippen LogP contribution in [0.5, 0.6) is 11.5 Å². The van der Waals surface area contributed by atoms with Crippen molar-refractivity contribution in [3.05, 3.63) is 58.1 Å². The summed E-state index contributed by atoms with van der Waals surface area (Å²) in [4.78, 5) is 12.0. The van der Waals surface area contributed by atoms with Crippen molar-refractivity contribution in [1.82, 2.24) is 0 Å². The fourth-order valence-corrected chi connectivity index (χ4v) is 2.33. The predicted molar refractivity (Wildman–Crippen MR) is 82.6 cm³/mol. The highest BCUT2D eigenvalue weighted by Crippen LogP contribution is 2.31. The molecule has 0 radical (unpaired) electrons. The van der Waals surface area contributed by atoms with Crippen LogP contribution in [0.3, 0.4) is 0 Å². The first-order valence-electron chi connectivity index (χ1n) is 6.62. The summed E-state index contributed by atoms with van der Waals surface area (Å²) in [6, 6.07) is 12.2. The van der Waals surface area contributed by atoms with E-state index in [-0.39, 0.29) is 13.2 Å². The van der Waals surface area contributed by atoms with Gasteiger partial charge in [-0.2, -0.15) is 0 Å². The molecule has 0 fully saturated rings. The lowest BCUT2D eigenvalue weighted by Gasteiger charge is -2.24. The third kappa shape index (κ3) is 3.29. The molecule has 0 aromatic heterocycles. The van der Waals surface area contributed by atoms with Gasteiger partial charge in [0.25, 0.3) is 0 Å². The van der Waals surface area contributed by atoms with Gasteiger partial charge in [-0.05, 0) is 29.8 Å². The highest BCUT2D eigenvalue weighted by Gasteiger charge is 2.28. The lowest BCUT2D eigenvalue weighted by Crippen LogP contribution is -2.37. The van der Waals surface area contributed by atoms with Gasteiger partial charge < -0.3 is 14.2 Å². The van der Waals surface area contributed by atoms with Crippen LogP contribution in [-0.4, -0.2) is 18.7 Å². The van der Waals surface area contributed by atoms with E-state index in [1.807, 2.05) is 12.1 Å². The minimum atomic E-state index is -0.780. The maximum absolute atomic E-state index is 12.0. The molecule has 4 nitrogen and oxygen atoms in total. The van der Waals surface area contributed by atoms with Crippen molar-refractivity contribution in [2.75, 3.05) is 6.61 Å². The van der Waals surface area contributed by atoms with E-state index in [1.165, 1.54) is 0 Å². The molecule has 0 bridgehead atoms. The number of hydrogen-bond donors (Lipinski definition) is 0. The number of esters is 1. The van der Waals surface area contributed by atoms with Crippen molar-refractivity contribution in [1.29, 1.82) is 0 Å². The van der Waals surface area contributed by atoms with Crippen LogP contribution in [0.25, 0.3) is 0 Å². The Morgan fingerprint density at radius 1 is 1.14 bits per heavy atom. The molecule has 0 amide bonds. The molecule has 6 heteroatoms. The number of benzene rings is 2. The van der Waals surface area contributed by atoms with Crippen LogP contribution in [0.15, 0.2) is 42.5 Å². The van der Waals surface area contributed by atoms with Gasteiger partial charge in [0.05, 0.1) is 10.0 Å². The molecule has 0 saturated carbocycles. The van der Waals surface area contributed by atoms with Crippen LogP contribution in [-0.2, 0) is 16.1 Å². The second kappa shape index (κ2) is 6.46. The molecule has 3 rings (SSSR count). The van der Waals surface area contributed by atoms with Gasteiger partial charge in [-0.3, -0.25) is 0 Å². The summed E-state index contributed by atoms with van der Waals surface area (Å²) >= 11 is 11.8. The van der Waals surface area contributed by atoms with Crippen molar-refractivity contribution in [2.24, 2.45) is 0 Å². The van der Waals surface area contributed by atoms with Gasteiger partial charge in [-0.1, -0.05) is 41.4 Å². The van der Waals surface area contributed by atoms with Crippen LogP contribution < -0.4 is 9.47 Å². The zero-order chi connectivity index (χ0) is 15.5. The normalized spacial score (nSPS) is 16.2. The Bertz CT molecular complexity index is 702. The number of rotatable bonds is 3. The SMILES string of the molecule is O=C(OCc1ccc(Cl)c(Cl)c1)C1COc2ccccc2O1. The smallest absolute Gasteiger partial charge is 0.351 e. The van der Waals surface area contributed by atoms with Crippen molar-refractivity contribution in [2.45, 2.75) is 12.7 Å². The van der Waals surface area contributed by atoms with E-state index in [1.54, 1.807) is 30.3 Å². The quantitative estimate of drug-likeness (QED) is 0.796. The van der Waals surface area contributed by atoms with Crippen molar-refractivity contribution >= 4 is 29.2 Å². The van der Waals surface area contributed by atoms with Gasteiger partial charge >= 0.3 is 5.97 Å². The minimum absolute atomic E-state index is 0.0945. The highest BCUT2D eigenvalue weighted by molar-refractivity contribution is 6.42. The zero-order valence-corrected chi connectivity index (χ0v) is 12.9. The molecule has 1 aliphatic rings. The second-order valence-electron chi connectivity index (χ2n) is 4.72. The number of ether oxygens (including phenoxy) is 3. The molecule has 0 aliphatic carbocycles. The lowest BCUT2D eigenvalue weighted by molar-refractivity contribution is -0.155. The Hall–Kier alpha value is -1.91. The van der Waals surface area contributed by atoms with Crippen molar-refractivity contribution in [3.8, 4) is 11.5 Å². The fraction of sp³-hybridized carbons (Fsp3) is 0.188. The van der Waals surface area contributed by atoms with Gasteiger partial charge in [-0.15, -0.1) is 0 Å². The van der Waals surface area contributed by atoms with Gasteiger partial charge in [0.1, 0.15) is 13.2 Å². The van der Waals surface area contributed by atoms with E-state index in [0.29, 0.717) is 21.5 Å². The van der Waals surface area contributed by atoms with Gasteiger partial charge in [0, 0.05) is 0 Å². The third-order valence-electron chi connectivity index (χ3n) is 3.14. The number of para-hydroxylation sites is 2. The Morgan fingerprint density at radius 2 is 1.91 bits per heavy atom. The molecule has 2 aromatic carbocycles. The average molecular weight is 339 g/mol. The van der Waals surface area contributed by atoms with Crippen molar-refractivity contribution < 1.29 is 19.0 Å². The predicted octanol–water partition coefficient (Wildman–Crippen LogP) is 3.88. The molecule has 22 heavy (non-hydrogen) atoms. The summed E-state index contributed by atoms with van der Waals surface area (Å²) in [6.45, 7) is 0.217. The monoisotopic (exact) mass is 338 g/mol. The van der Waals surface area contributed by atoms with Gasteiger partial charge in [-0.25, -0.2) is 4.79 Å². The molecule has 2 aromatic rings. The van der Waals surface area contributed by atoms with E-state index in [2.05, 4.69) is 0 Å². The number of halogens is 2. The molecular weight excluding hydrogens is 327 g/mol. The van der Waals surface area contributed by atoms with Crippen LogP contribution in [0, 0.1) is 0 Å². The molecule has 114 valence electrons. The Labute approximate surface area is 137 Å². The number of fused-ring (bicyclic) bond motifs is 1. The van der Waals surface area contributed by atoms with Crippen LogP contribution >= 0.6 is 23.2 Å². The lowest BCUT2D eigenvalue weighted by atomic mass is 10.2. The molecular formula is C16H12Cl2O4. The van der Waals surface area contributed by atoms with Gasteiger partial charge in [0.15, 0.2) is 11.5 Å². The molecule has 1 unspecified atom stereocenters. The highest BCUT2D eigenvalue weighted by atomic mass is 35.5. The Morgan fingerprint density at radius 3 is 2.68 bits per heavy atom. The molecule has 0 N–H and O–H groups in total. The number of carbonyl (C=O) groups is 1. The first kappa shape index (κ1) is 15.0. The van der Waals surface area contributed by atoms with Crippen LogP contribution in [0.4, 0.5) is 0 Å². The largest absolute Gasteiger partial charge is 0.485 e. The zero-order valence-electron chi connectivity index (χ0n) is 11.4. The number of hydrogen-bond acceptors (Lipinski definition) is 4. The van der Waals surface area contributed by atoms with E-state index in [9.17, 15) is 4.79 Å². The summed E-state index contributed by atoms with van der Waals surface area (Å²) in [6.07, 6.45) is -0.780. The second-order valence-corrected chi connectivity index (χ2v) is 5.53. The average Bonchev–Trinajstić information content (AvgIpc) is 2.55. The molecule has 1 aliphatic heterocycles. The summed E-state index contributed by atoms with van der Waals surface area (Å²) < 4.78 is 16.3. The molecule has 0 spiro atoms. The Balaban J connectivity index is 1.60. The maximum atomic E-state index is 12.0. The molecule has 1 heterocycles. The number of carbonyl (C=O) groups excluding carboxylic acids is 1. The van der Waals surface area contributed by atoms with Gasteiger partial charge in [0.2, 0.25) is 6.10 Å². The standard InChI is InChI=1S/C16H12Cl2O4/c17-11-6-5-10(7-12(11)18)8-21-16(19)15-9-20-13-3-1-2-4-14(13)22-15/h1-7,15H,8-9H2. The van der Waals surface area contributed by atoms with Crippen molar-refractivity contribution in [3.63, 3.8) is 0 Å². The van der Waals surface area contributed by atoms with E-state index in [4.69, 9.17) is 37.4 Å². The van der Waals surface area contributed by atoms with E-state index < -0.39 is 12.1 Å². The summed E-state index contributed by atoms with van der Waals surface area (Å²) in [5, 5.41) is 0.874. The topological polar surface area (TPSA) is 44.8 Å². The third-order valence-corrected chi connectivity index (χ3v) is 3.88. The first-order chi connectivity index (χ1) is 10.6. The van der Waals surface area contributed by atoms with Crippen LogP contribution in [0.1, 0.15) is 5.56 Å². The minimum Gasteiger partial charge on any atom is -0.485 e. The fourth-order valence-electron chi connectivity index (χ4n) is 2.01. The first-order valence-corrected chi connectivity index (χ1v) is 7.38. The van der Waals surface area contributed by atoms with E-state index >= 15 is 0 Å². The molecule has 0 saturated heterocycles. The molecule has 1 atom stereocenters. The van der Waals surface area contributed by atoms with Crippen LogP contribution in [0.2, 0.25) is 10.0 Å². The Kier molecular flexibility index (Phi) is 4.41. The summed E-state index contributed by atoms with van der Waals surface area (Å²) in [5.74, 6) is 0.668. The summed E-state index contributed by atoms with van der Waals surface area (Å²) in [5.41, 5.74) is 0.750.